The second-order valence-electron chi connectivity index (χ2n) is 4.43. The van der Waals surface area contributed by atoms with E-state index in [1.165, 1.54) is 22.2 Å². The number of carbonyl (C=O) groups excluding carboxylic acids is 1. The van der Waals surface area contributed by atoms with Gasteiger partial charge in [0.25, 0.3) is 0 Å². The Morgan fingerprint density at radius 1 is 1.44 bits per heavy atom. The minimum Gasteiger partial charge on any atom is -0.480 e. The lowest BCUT2D eigenvalue weighted by Gasteiger charge is -2.34. The number of hydrogen-bond donors (Lipinski definition) is 1. The van der Waals surface area contributed by atoms with E-state index in [2.05, 4.69) is 10.1 Å². The molecule has 0 aromatic carbocycles. The lowest BCUT2D eigenvalue weighted by molar-refractivity contribution is -0.153. The highest BCUT2D eigenvalue weighted by atomic mass is 16.4. The Labute approximate surface area is 104 Å². The summed E-state index contributed by atoms with van der Waals surface area (Å²) in [4.78, 5) is 28.7. The highest BCUT2D eigenvalue weighted by molar-refractivity contribution is 5.86. The first-order chi connectivity index (χ1) is 8.61. The van der Waals surface area contributed by atoms with Gasteiger partial charge in [-0.25, -0.2) is 14.5 Å². The van der Waals surface area contributed by atoms with Crippen LogP contribution in [0.2, 0.25) is 0 Å². The number of hydrogen-bond acceptors (Lipinski definition) is 4. The van der Waals surface area contributed by atoms with Gasteiger partial charge in [-0.15, -0.1) is 0 Å². The lowest BCUT2D eigenvalue weighted by Crippen LogP contribution is -2.50. The summed E-state index contributed by atoms with van der Waals surface area (Å²) in [5, 5.41) is 13.1. The average molecular weight is 252 g/mol. The van der Waals surface area contributed by atoms with Gasteiger partial charge in [0, 0.05) is 6.54 Å². The average Bonchev–Trinajstić information content (AvgIpc) is 2.90. The highest BCUT2D eigenvalue weighted by Crippen LogP contribution is 2.20. The quantitative estimate of drug-likeness (QED) is 0.836. The Kier molecular flexibility index (Phi) is 3.59. The third-order valence-electron chi connectivity index (χ3n) is 3.26. The highest BCUT2D eigenvalue weighted by Gasteiger charge is 2.34. The SMILES string of the molecule is CC(C(=O)N1CCCC[C@H]1C(=O)O)n1cncn1. The fraction of sp³-hybridized carbons (Fsp3) is 0.636. The van der Waals surface area contributed by atoms with Crippen LogP contribution in [-0.4, -0.2) is 49.2 Å². The number of carboxylic acid groups (broad SMARTS) is 1. The van der Waals surface area contributed by atoms with E-state index in [9.17, 15) is 9.59 Å². The molecule has 0 spiro atoms. The van der Waals surface area contributed by atoms with Crippen molar-refractivity contribution in [2.75, 3.05) is 6.54 Å². The summed E-state index contributed by atoms with van der Waals surface area (Å²) in [6.45, 7) is 2.19. The van der Waals surface area contributed by atoms with E-state index in [4.69, 9.17) is 5.11 Å². The van der Waals surface area contributed by atoms with Gasteiger partial charge >= 0.3 is 5.97 Å². The molecular formula is C11H16N4O3. The molecule has 1 aliphatic rings. The van der Waals surface area contributed by atoms with Crippen molar-refractivity contribution >= 4 is 11.9 Å². The molecule has 7 heteroatoms. The van der Waals surface area contributed by atoms with Crippen LogP contribution in [0.5, 0.6) is 0 Å². The topological polar surface area (TPSA) is 88.3 Å². The molecule has 1 saturated heterocycles. The van der Waals surface area contributed by atoms with Crippen LogP contribution in [0, 0.1) is 0 Å². The number of rotatable bonds is 3. The lowest BCUT2D eigenvalue weighted by atomic mass is 10.0. The Morgan fingerprint density at radius 2 is 2.22 bits per heavy atom. The molecule has 18 heavy (non-hydrogen) atoms. The Bertz CT molecular complexity index is 432. The Balaban J connectivity index is 2.13. The Hall–Kier alpha value is -1.92. The largest absolute Gasteiger partial charge is 0.480 e. The molecule has 0 saturated carbocycles. The number of aliphatic carboxylic acids is 1. The van der Waals surface area contributed by atoms with E-state index >= 15 is 0 Å². The normalized spacial score (nSPS) is 21.6. The summed E-state index contributed by atoms with van der Waals surface area (Å²) in [6, 6.07) is -1.23. The van der Waals surface area contributed by atoms with Crippen molar-refractivity contribution in [3.63, 3.8) is 0 Å². The zero-order valence-electron chi connectivity index (χ0n) is 10.2. The van der Waals surface area contributed by atoms with Crippen molar-refractivity contribution in [2.24, 2.45) is 0 Å². The Morgan fingerprint density at radius 3 is 2.83 bits per heavy atom. The van der Waals surface area contributed by atoms with Crippen LogP contribution in [0.1, 0.15) is 32.2 Å². The predicted molar refractivity (Wildman–Crippen MR) is 61.7 cm³/mol. The maximum absolute atomic E-state index is 12.3. The standard InChI is InChI=1S/C11H16N4O3/c1-8(15-7-12-6-13-15)10(16)14-5-3-2-4-9(14)11(17)18/h6-9H,2-5H2,1H3,(H,17,18)/t8?,9-/m0/s1. The molecule has 1 aliphatic heterocycles. The molecule has 0 aliphatic carbocycles. The minimum atomic E-state index is -0.936. The van der Waals surface area contributed by atoms with Gasteiger partial charge in [-0.2, -0.15) is 5.10 Å². The summed E-state index contributed by atoms with van der Waals surface area (Å²) >= 11 is 0. The van der Waals surface area contributed by atoms with E-state index in [1.807, 2.05) is 0 Å². The van der Waals surface area contributed by atoms with Crippen LogP contribution in [-0.2, 0) is 9.59 Å². The molecule has 1 fully saturated rings. The van der Waals surface area contributed by atoms with E-state index in [0.29, 0.717) is 13.0 Å². The number of carbonyl (C=O) groups is 2. The number of carboxylic acids is 1. The molecular weight excluding hydrogens is 236 g/mol. The van der Waals surface area contributed by atoms with Crippen LogP contribution < -0.4 is 0 Å². The van der Waals surface area contributed by atoms with Gasteiger partial charge in [-0.05, 0) is 26.2 Å². The van der Waals surface area contributed by atoms with Gasteiger partial charge in [0.15, 0.2) is 0 Å². The number of likely N-dealkylation sites (tertiary alicyclic amines) is 1. The molecule has 1 aromatic heterocycles. The zero-order valence-corrected chi connectivity index (χ0v) is 10.2. The summed E-state index contributed by atoms with van der Waals surface area (Å²) in [5.41, 5.74) is 0. The van der Waals surface area contributed by atoms with Crippen molar-refractivity contribution in [1.29, 1.82) is 0 Å². The van der Waals surface area contributed by atoms with Crippen LogP contribution >= 0.6 is 0 Å². The monoisotopic (exact) mass is 252 g/mol. The minimum absolute atomic E-state index is 0.215. The van der Waals surface area contributed by atoms with Gasteiger partial charge < -0.3 is 10.0 Å². The van der Waals surface area contributed by atoms with Gasteiger partial charge in [0.2, 0.25) is 5.91 Å². The first-order valence-corrected chi connectivity index (χ1v) is 5.98. The van der Waals surface area contributed by atoms with Crippen molar-refractivity contribution in [2.45, 2.75) is 38.3 Å². The van der Waals surface area contributed by atoms with Crippen molar-refractivity contribution in [1.82, 2.24) is 19.7 Å². The molecule has 2 heterocycles. The summed E-state index contributed by atoms with van der Waals surface area (Å²) in [7, 11) is 0. The third kappa shape index (κ3) is 2.34. The summed E-state index contributed by atoms with van der Waals surface area (Å²) < 4.78 is 1.44. The van der Waals surface area contributed by atoms with Crippen LogP contribution in [0.25, 0.3) is 0 Å². The molecule has 2 rings (SSSR count). The second-order valence-corrected chi connectivity index (χ2v) is 4.43. The van der Waals surface area contributed by atoms with Crippen LogP contribution in [0.4, 0.5) is 0 Å². The van der Waals surface area contributed by atoms with Crippen LogP contribution in [0.15, 0.2) is 12.7 Å². The molecule has 1 amide bonds. The van der Waals surface area contributed by atoms with Gasteiger partial charge in [0.05, 0.1) is 0 Å². The molecule has 1 unspecified atom stereocenters. The molecule has 1 N–H and O–H groups in total. The van der Waals surface area contributed by atoms with Crippen molar-refractivity contribution in [3.05, 3.63) is 12.7 Å². The molecule has 0 bridgehead atoms. The third-order valence-corrected chi connectivity index (χ3v) is 3.26. The molecule has 7 nitrogen and oxygen atoms in total. The van der Waals surface area contributed by atoms with Crippen molar-refractivity contribution < 1.29 is 14.7 Å². The molecule has 98 valence electrons. The smallest absolute Gasteiger partial charge is 0.326 e. The fourth-order valence-corrected chi connectivity index (χ4v) is 2.22. The van der Waals surface area contributed by atoms with E-state index in [0.717, 1.165) is 12.8 Å². The number of amides is 1. The molecule has 2 atom stereocenters. The fourth-order valence-electron chi connectivity index (χ4n) is 2.22. The van der Waals surface area contributed by atoms with Crippen LogP contribution in [0.3, 0.4) is 0 Å². The van der Waals surface area contributed by atoms with Gasteiger partial charge in [-0.3, -0.25) is 4.79 Å². The first kappa shape index (κ1) is 12.5. The van der Waals surface area contributed by atoms with Gasteiger partial charge in [0.1, 0.15) is 24.7 Å². The second kappa shape index (κ2) is 5.16. The maximum Gasteiger partial charge on any atom is 0.326 e. The van der Waals surface area contributed by atoms with Gasteiger partial charge in [-0.1, -0.05) is 0 Å². The number of aromatic nitrogens is 3. The van der Waals surface area contributed by atoms with E-state index in [1.54, 1.807) is 6.92 Å². The number of nitrogens with zero attached hydrogens (tertiary/aromatic N) is 4. The zero-order chi connectivity index (χ0) is 13.1. The predicted octanol–water partition coefficient (Wildman–Crippen LogP) is 0.305. The molecule has 1 aromatic rings. The summed E-state index contributed by atoms with van der Waals surface area (Å²) in [6.07, 6.45) is 5.03. The maximum atomic E-state index is 12.3. The van der Waals surface area contributed by atoms with E-state index in [-0.39, 0.29) is 5.91 Å². The van der Waals surface area contributed by atoms with Crippen molar-refractivity contribution in [3.8, 4) is 0 Å². The number of piperidine rings is 1. The molecule has 0 radical (unpaired) electrons. The summed E-state index contributed by atoms with van der Waals surface area (Å²) in [5.74, 6) is -1.15. The van der Waals surface area contributed by atoms with E-state index < -0.39 is 18.1 Å². The first-order valence-electron chi connectivity index (χ1n) is 5.98.